The van der Waals surface area contributed by atoms with Crippen molar-refractivity contribution in [2.75, 3.05) is 27.4 Å². The van der Waals surface area contributed by atoms with E-state index in [4.69, 9.17) is 9.47 Å². The lowest BCUT2D eigenvalue weighted by Crippen LogP contribution is -2.23. The maximum Gasteiger partial charge on any atom is 0.252 e. The van der Waals surface area contributed by atoms with Gasteiger partial charge in [0.1, 0.15) is 5.75 Å². The Labute approximate surface area is 130 Å². The van der Waals surface area contributed by atoms with Crippen LogP contribution in [-0.2, 0) is 11.3 Å². The highest BCUT2D eigenvalue weighted by Crippen LogP contribution is 2.28. The van der Waals surface area contributed by atoms with Gasteiger partial charge in [0.25, 0.3) is 5.56 Å². The number of hydrogen-bond acceptors (Lipinski definition) is 4. The first kappa shape index (κ1) is 16.3. The van der Waals surface area contributed by atoms with Crippen molar-refractivity contribution in [1.29, 1.82) is 0 Å². The third-order valence-corrected chi connectivity index (χ3v) is 3.43. The average molecular weight is 302 g/mol. The number of H-pyrrole nitrogens is 1. The molecule has 118 valence electrons. The van der Waals surface area contributed by atoms with E-state index in [0.717, 1.165) is 22.6 Å². The molecule has 0 aliphatic heterocycles. The molecule has 0 bridgehead atoms. The number of rotatable bonds is 7. The van der Waals surface area contributed by atoms with E-state index in [2.05, 4.69) is 10.3 Å². The Morgan fingerprint density at radius 3 is 2.68 bits per heavy atom. The van der Waals surface area contributed by atoms with E-state index < -0.39 is 0 Å². The zero-order valence-corrected chi connectivity index (χ0v) is 13.2. The average Bonchev–Trinajstić information content (AvgIpc) is 2.52. The molecule has 22 heavy (non-hydrogen) atoms. The first-order valence-corrected chi connectivity index (χ1v) is 7.22. The molecule has 0 fully saturated rings. The molecule has 0 amide bonds. The molecule has 1 aromatic heterocycles. The van der Waals surface area contributed by atoms with Crippen molar-refractivity contribution in [1.82, 2.24) is 10.3 Å². The topological polar surface area (TPSA) is 63.4 Å². The Bertz CT molecular complexity index is 680. The minimum Gasteiger partial charge on any atom is -0.496 e. The van der Waals surface area contributed by atoms with E-state index in [0.29, 0.717) is 25.3 Å². The molecule has 2 N–H and O–H groups in total. The molecule has 1 aromatic carbocycles. The summed E-state index contributed by atoms with van der Waals surface area (Å²) in [6.07, 6.45) is 0. The molecule has 0 unspecified atom stereocenters. The number of pyridine rings is 1. The van der Waals surface area contributed by atoms with E-state index >= 15 is 0 Å². The second-order valence-corrected chi connectivity index (χ2v) is 5.10. The normalized spacial score (nSPS) is 10.7. The Morgan fingerprint density at radius 1 is 1.18 bits per heavy atom. The molecule has 2 rings (SSSR count). The van der Waals surface area contributed by atoms with Crippen LogP contribution in [-0.4, -0.2) is 32.4 Å². The Morgan fingerprint density at radius 2 is 2.00 bits per heavy atom. The lowest BCUT2D eigenvalue weighted by Gasteiger charge is -2.10. The van der Waals surface area contributed by atoms with E-state index in [-0.39, 0.29) is 5.56 Å². The van der Waals surface area contributed by atoms with Crippen LogP contribution < -0.4 is 15.6 Å². The standard InChI is InChI=1S/C17H22N2O3/c1-12-4-7-16(22-3)14(10-12)15-6-5-13(17(20)19-15)11-18-8-9-21-2/h4-7,10,18H,8-9,11H2,1-3H3,(H,19,20). The van der Waals surface area contributed by atoms with Crippen LogP contribution in [0.5, 0.6) is 5.75 Å². The number of aryl methyl sites for hydroxylation is 1. The molecular formula is C17H22N2O3. The Hall–Kier alpha value is -2.11. The van der Waals surface area contributed by atoms with E-state index in [9.17, 15) is 4.79 Å². The van der Waals surface area contributed by atoms with Crippen LogP contribution >= 0.6 is 0 Å². The predicted molar refractivity (Wildman–Crippen MR) is 87.4 cm³/mol. The fourth-order valence-corrected chi connectivity index (χ4v) is 2.23. The van der Waals surface area contributed by atoms with Crippen molar-refractivity contribution >= 4 is 0 Å². The van der Waals surface area contributed by atoms with Gasteiger partial charge >= 0.3 is 0 Å². The highest BCUT2D eigenvalue weighted by molar-refractivity contribution is 5.68. The Kier molecular flexibility index (Phi) is 5.75. The van der Waals surface area contributed by atoms with Crippen molar-refractivity contribution in [3.8, 4) is 17.0 Å². The summed E-state index contributed by atoms with van der Waals surface area (Å²) in [6.45, 7) is 3.86. The molecular weight excluding hydrogens is 280 g/mol. The van der Waals surface area contributed by atoms with E-state index in [1.165, 1.54) is 0 Å². The smallest absolute Gasteiger partial charge is 0.252 e. The van der Waals surface area contributed by atoms with Crippen molar-refractivity contribution in [3.63, 3.8) is 0 Å². The van der Waals surface area contributed by atoms with E-state index in [1.54, 1.807) is 14.2 Å². The maximum absolute atomic E-state index is 12.2. The Balaban J connectivity index is 2.22. The van der Waals surface area contributed by atoms with Crippen LogP contribution in [0.2, 0.25) is 0 Å². The molecule has 0 spiro atoms. The second-order valence-electron chi connectivity index (χ2n) is 5.10. The molecule has 5 nitrogen and oxygen atoms in total. The second kappa shape index (κ2) is 7.77. The SMILES string of the molecule is COCCNCc1ccc(-c2cc(C)ccc2OC)[nH]c1=O. The number of methoxy groups -OCH3 is 2. The quantitative estimate of drug-likeness (QED) is 0.769. The summed E-state index contributed by atoms with van der Waals surface area (Å²) in [5.41, 5.74) is 3.36. The highest BCUT2D eigenvalue weighted by atomic mass is 16.5. The first-order valence-electron chi connectivity index (χ1n) is 7.22. The molecule has 1 heterocycles. The number of nitrogens with one attached hydrogen (secondary N) is 2. The monoisotopic (exact) mass is 302 g/mol. The molecule has 0 aliphatic rings. The highest BCUT2D eigenvalue weighted by Gasteiger charge is 2.08. The summed E-state index contributed by atoms with van der Waals surface area (Å²) in [5.74, 6) is 0.743. The number of ether oxygens (including phenoxy) is 2. The molecule has 0 saturated heterocycles. The van der Waals surface area contributed by atoms with Crippen LogP contribution in [0.25, 0.3) is 11.3 Å². The van der Waals surface area contributed by atoms with E-state index in [1.807, 2.05) is 37.3 Å². The van der Waals surface area contributed by atoms with Gasteiger partial charge in [-0.15, -0.1) is 0 Å². The van der Waals surface area contributed by atoms with Gasteiger partial charge in [-0.25, -0.2) is 0 Å². The molecule has 0 saturated carbocycles. The van der Waals surface area contributed by atoms with Crippen molar-refractivity contribution in [3.05, 3.63) is 51.8 Å². The van der Waals surface area contributed by atoms with Crippen LogP contribution in [0, 0.1) is 6.92 Å². The van der Waals surface area contributed by atoms with Gasteiger partial charge in [0.2, 0.25) is 0 Å². The summed E-state index contributed by atoms with van der Waals surface area (Å²) >= 11 is 0. The fraction of sp³-hybridized carbons (Fsp3) is 0.353. The van der Waals surface area contributed by atoms with Gasteiger partial charge in [0.15, 0.2) is 0 Å². The van der Waals surface area contributed by atoms with Gasteiger partial charge in [0, 0.05) is 31.3 Å². The predicted octanol–water partition coefficient (Wildman–Crippen LogP) is 2.09. The minimum absolute atomic E-state index is 0.0917. The molecule has 2 aromatic rings. The maximum atomic E-state index is 12.2. The van der Waals surface area contributed by atoms with Gasteiger partial charge in [0.05, 0.1) is 19.4 Å². The third-order valence-electron chi connectivity index (χ3n) is 3.43. The van der Waals surface area contributed by atoms with Crippen LogP contribution in [0.4, 0.5) is 0 Å². The summed E-state index contributed by atoms with van der Waals surface area (Å²) < 4.78 is 10.3. The summed E-state index contributed by atoms with van der Waals surface area (Å²) in [5, 5.41) is 3.16. The zero-order chi connectivity index (χ0) is 15.9. The fourth-order valence-electron chi connectivity index (χ4n) is 2.23. The van der Waals surface area contributed by atoms with Crippen molar-refractivity contribution < 1.29 is 9.47 Å². The number of benzene rings is 1. The van der Waals surface area contributed by atoms with Crippen LogP contribution in [0.1, 0.15) is 11.1 Å². The van der Waals surface area contributed by atoms with Gasteiger partial charge in [-0.2, -0.15) is 0 Å². The zero-order valence-electron chi connectivity index (χ0n) is 13.2. The first-order chi connectivity index (χ1) is 10.7. The number of hydrogen-bond donors (Lipinski definition) is 2. The summed E-state index contributed by atoms with van der Waals surface area (Å²) in [4.78, 5) is 15.1. The molecule has 0 radical (unpaired) electrons. The lowest BCUT2D eigenvalue weighted by atomic mass is 10.1. The van der Waals surface area contributed by atoms with Crippen molar-refractivity contribution in [2.24, 2.45) is 0 Å². The molecule has 5 heteroatoms. The van der Waals surface area contributed by atoms with Crippen LogP contribution in [0.3, 0.4) is 0 Å². The molecule has 0 aliphatic carbocycles. The largest absolute Gasteiger partial charge is 0.496 e. The third kappa shape index (κ3) is 3.96. The summed E-state index contributed by atoms with van der Waals surface area (Å²) in [6, 6.07) is 9.64. The van der Waals surface area contributed by atoms with Gasteiger partial charge in [-0.05, 0) is 25.1 Å². The van der Waals surface area contributed by atoms with Gasteiger partial charge in [-0.3, -0.25) is 4.79 Å². The van der Waals surface area contributed by atoms with Gasteiger partial charge < -0.3 is 19.8 Å². The molecule has 0 atom stereocenters. The minimum atomic E-state index is -0.0917. The summed E-state index contributed by atoms with van der Waals surface area (Å²) in [7, 11) is 3.28. The number of aromatic nitrogens is 1. The number of aromatic amines is 1. The van der Waals surface area contributed by atoms with Crippen molar-refractivity contribution in [2.45, 2.75) is 13.5 Å². The van der Waals surface area contributed by atoms with Crippen LogP contribution in [0.15, 0.2) is 35.1 Å². The lowest BCUT2D eigenvalue weighted by molar-refractivity contribution is 0.199. The van der Waals surface area contributed by atoms with Gasteiger partial charge in [-0.1, -0.05) is 17.7 Å².